The second kappa shape index (κ2) is 5.54. The predicted molar refractivity (Wildman–Crippen MR) is 63.4 cm³/mol. The molecule has 5 nitrogen and oxygen atoms in total. The molecule has 16 heavy (non-hydrogen) atoms. The fraction of sp³-hybridized carbons (Fsp3) is 0.800. The number of thiol groups is 1. The Hall–Kier alpha value is -0.750. The van der Waals surface area contributed by atoms with Crippen molar-refractivity contribution in [2.45, 2.75) is 31.8 Å². The number of carbonyl (C=O) groups is 2. The van der Waals surface area contributed by atoms with Crippen LogP contribution in [0.1, 0.15) is 20.3 Å². The largest absolute Gasteiger partial charge is 0.379 e. The second-order valence-corrected chi connectivity index (χ2v) is 4.65. The van der Waals surface area contributed by atoms with Crippen LogP contribution in [-0.2, 0) is 14.3 Å². The van der Waals surface area contributed by atoms with Gasteiger partial charge in [0.05, 0.1) is 12.1 Å². The molecule has 1 saturated heterocycles. The highest BCUT2D eigenvalue weighted by Crippen LogP contribution is 2.17. The van der Waals surface area contributed by atoms with Gasteiger partial charge in [-0.3, -0.25) is 9.59 Å². The molecule has 0 bridgehead atoms. The Morgan fingerprint density at radius 1 is 1.56 bits per heavy atom. The molecule has 1 fully saturated rings. The minimum absolute atomic E-state index is 0.210. The van der Waals surface area contributed by atoms with E-state index in [9.17, 15) is 9.59 Å². The fourth-order valence-corrected chi connectivity index (χ4v) is 1.85. The Balaban J connectivity index is 2.51. The summed E-state index contributed by atoms with van der Waals surface area (Å²) in [6, 6.07) is -0.585. The quantitative estimate of drug-likeness (QED) is 0.597. The number of amides is 2. The van der Waals surface area contributed by atoms with Gasteiger partial charge in [0.25, 0.3) is 0 Å². The first kappa shape index (κ1) is 13.3. The van der Waals surface area contributed by atoms with Crippen molar-refractivity contribution in [2.24, 2.45) is 0 Å². The van der Waals surface area contributed by atoms with Gasteiger partial charge >= 0.3 is 0 Å². The Labute approximate surface area is 101 Å². The lowest BCUT2D eigenvalue weighted by atomic mass is 10.0. The molecule has 2 amide bonds. The third-order valence-electron chi connectivity index (χ3n) is 2.52. The van der Waals surface area contributed by atoms with Gasteiger partial charge in [0.1, 0.15) is 6.04 Å². The molecule has 2 atom stereocenters. The van der Waals surface area contributed by atoms with Crippen molar-refractivity contribution < 1.29 is 14.3 Å². The van der Waals surface area contributed by atoms with E-state index in [0.29, 0.717) is 13.2 Å². The number of ether oxygens (including phenoxy) is 1. The van der Waals surface area contributed by atoms with Gasteiger partial charge < -0.3 is 15.4 Å². The summed E-state index contributed by atoms with van der Waals surface area (Å²) in [5.41, 5.74) is -0.323. The average Bonchev–Trinajstić information content (AvgIpc) is 2.60. The van der Waals surface area contributed by atoms with Crippen LogP contribution < -0.4 is 10.6 Å². The van der Waals surface area contributed by atoms with Gasteiger partial charge in [-0.1, -0.05) is 0 Å². The standard InChI is InChI=1S/C10H18N2O3S/c1-7(13)11-8(5-16)9(14)12-10(2)3-4-15-6-10/h8,16H,3-6H2,1-2H3,(H,11,13)(H,12,14). The van der Waals surface area contributed by atoms with Crippen LogP contribution in [0.25, 0.3) is 0 Å². The highest BCUT2D eigenvalue weighted by atomic mass is 32.1. The zero-order valence-corrected chi connectivity index (χ0v) is 10.5. The lowest BCUT2D eigenvalue weighted by Crippen LogP contribution is -2.55. The summed E-state index contributed by atoms with van der Waals surface area (Å²) in [4.78, 5) is 22.7. The number of rotatable bonds is 4. The van der Waals surface area contributed by atoms with Gasteiger partial charge in [0.15, 0.2) is 0 Å². The Morgan fingerprint density at radius 2 is 2.25 bits per heavy atom. The third-order valence-corrected chi connectivity index (χ3v) is 2.89. The summed E-state index contributed by atoms with van der Waals surface area (Å²) in [5.74, 6) is -0.164. The highest BCUT2D eigenvalue weighted by Gasteiger charge is 2.33. The molecular weight excluding hydrogens is 228 g/mol. The first-order valence-electron chi connectivity index (χ1n) is 5.24. The normalized spacial score (nSPS) is 26.2. The van der Waals surface area contributed by atoms with E-state index in [0.717, 1.165) is 6.42 Å². The van der Waals surface area contributed by atoms with E-state index >= 15 is 0 Å². The van der Waals surface area contributed by atoms with E-state index < -0.39 is 6.04 Å². The van der Waals surface area contributed by atoms with Crippen molar-refractivity contribution in [3.63, 3.8) is 0 Å². The summed E-state index contributed by atoms with van der Waals surface area (Å²) in [6.07, 6.45) is 0.790. The smallest absolute Gasteiger partial charge is 0.243 e. The fourth-order valence-electron chi connectivity index (χ4n) is 1.59. The topological polar surface area (TPSA) is 67.4 Å². The first-order chi connectivity index (χ1) is 7.47. The van der Waals surface area contributed by atoms with Crippen LogP contribution in [-0.4, -0.2) is 42.4 Å². The van der Waals surface area contributed by atoms with Crippen LogP contribution in [0.4, 0.5) is 0 Å². The van der Waals surface area contributed by atoms with Crippen LogP contribution in [0.2, 0.25) is 0 Å². The van der Waals surface area contributed by atoms with Gasteiger partial charge in [0.2, 0.25) is 11.8 Å². The molecule has 0 aliphatic carbocycles. The Bertz CT molecular complexity index is 277. The van der Waals surface area contributed by atoms with E-state index in [1.807, 2.05) is 6.92 Å². The van der Waals surface area contributed by atoms with E-state index in [-0.39, 0.29) is 23.1 Å². The monoisotopic (exact) mass is 246 g/mol. The van der Waals surface area contributed by atoms with Gasteiger partial charge in [-0.25, -0.2) is 0 Å². The van der Waals surface area contributed by atoms with E-state index in [1.54, 1.807) is 0 Å². The van der Waals surface area contributed by atoms with Crippen LogP contribution in [0.5, 0.6) is 0 Å². The van der Waals surface area contributed by atoms with Crippen molar-refractivity contribution in [1.29, 1.82) is 0 Å². The minimum Gasteiger partial charge on any atom is -0.379 e. The molecule has 0 spiro atoms. The summed E-state index contributed by atoms with van der Waals surface area (Å²) in [6.45, 7) is 4.48. The molecule has 0 saturated carbocycles. The number of nitrogens with one attached hydrogen (secondary N) is 2. The molecule has 1 heterocycles. The predicted octanol–water partition coefficient (Wildman–Crippen LogP) is -0.284. The van der Waals surface area contributed by atoms with Crippen molar-refractivity contribution in [1.82, 2.24) is 10.6 Å². The van der Waals surface area contributed by atoms with E-state index in [1.165, 1.54) is 6.92 Å². The molecule has 1 aliphatic heterocycles. The van der Waals surface area contributed by atoms with Gasteiger partial charge in [-0.15, -0.1) is 0 Å². The zero-order chi connectivity index (χ0) is 12.2. The van der Waals surface area contributed by atoms with Crippen molar-refractivity contribution in [3.8, 4) is 0 Å². The summed E-state index contributed by atoms with van der Waals surface area (Å²) in [5, 5.41) is 5.44. The molecule has 0 aromatic rings. The minimum atomic E-state index is -0.585. The summed E-state index contributed by atoms with van der Waals surface area (Å²) >= 11 is 4.05. The SMILES string of the molecule is CC(=O)NC(CS)C(=O)NC1(C)CCOC1. The molecule has 92 valence electrons. The second-order valence-electron chi connectivity index (χ2n) is 4.29. The van der Waals surface area contributed by atoms with E-state index in [2.05, 4.69) is 23.3 Å². The maximum Gasteiger partial charge on any atom is 0.243 e. The number of hydrogen-bond donors (Lipinski definition) is 3. The van der Waals surface area contributed by atoms with Crippen LogP contribution in [0.15, 0.2) is 0 Å². The molecule has 6 heteroatoms. The number of hydrogen-bond acceptors (Lipinski definition) is 4. The summed E-state index contributed by atoms with van der Waals surface area (Å²) < 4.78 is 5.23. The summed E-state index contributed by atoms with van der Waals surface area (Å²) in [7, 11) is 0. The van der Waals surface area contributed by atoms with Crippen molar-refractivity contribution >= 4 is 24.4 Å². The molecule has 0 aromatic carbocycles. The van der Waals surface area contributed by atoms with E-state index in [4.69, 9.17) is 4.74 Å². The van der Waals surface area contributed by atoms with Crippen LogP contribution in [0.3, 0.4) is 0 Å². The average molecular weight is 246 g/mol. The molecule has 0 aromatic heterocycles. The number of carbonyl (C=O) groups excluding carboxylic acids is 2. The zero-order valence-electron chi connectivity index (χ0n) is 9.58. The van der Waals surface area contributed by atoms with Gasteiger partial charge in [-0.05, 0) is 13.3 Å². The van der Waals surface area contributed by atoms with Gasteiger partial charge in [0, 0.05) is 19.3 Å². The maximum absolute atomic E-state index is 11.8. The molecule has 0 radical (unpaired) electrons. The lowest BCUT2D eigenvalue weighted by Gasteiger charge is -2.26. The molecule has 2 N–H and O–H groups in total. The third kappa shape index (κ3) is 3.68. The highest BCUT2D eigenvalue weighted by molar-refractivity contribution is 7.80. The maximum atomic E-state index is 11.8. The van der Waals surface area contributed by atoms with Crippen LogP contribution >= 0.6 is 12.6 Å². The molecule has 2 unspecified atom stereocenters. The van der Waals surface area contributed by atoms with Crippen LogP contribution in [0, 0.1) is 0 Å². The molecular formula is C10H18N2O3S. The molecule has 1 aliphatic rings. The first-order valence-corrected chi connectivity index (χ1v) is 5.88. The Morgan fingerprint density at radius 3 is 2.69 bits per heavy atom. The van der Waals surface area contributed by atoms with Crippen molar-refractivity contribution in [3.05, 3.63) is 0 Å². The lowest BCUT2D eigenvalue weighted by molar-refractivity contribution is -0.128. The van der Waals surface area contributed by atoms with Gasteiger partial charge in [-0.2, -0.15) is 12.6 Å². The van der Waals surface area contributed by atoms with Crippen molar-refractivity contribution in [2.75, 3.05) is 19.0 Å². The Kier molecular flexibility index (Phi) is 4.61. The molecule has 1 rings (SSSR count).